The van der Waals surface area contributed by atoms with Crippen molar-refractivity contribution in [2.75, 3.05) is 18.4 Å². The van der Waals surface area contributed by atoms with E-state index in [9.17, 15) is 4.79 Å². The number of hydrogen-bond donors (Lipinski definition) is 1. The van der Waals surface area contributed by atoms with Gasteiger partial charge in [0.1, 0.15) is 4.88 Å². The summed E-state index contributed by atoms with van der Waals surface area (Å²) >= 11 is 1.34. The van der Waals surface area contributed by atoms with Crippen LogP contribution in [-0.4, -0.2) is 44.9 Å². The lowest BCUT2D eigenvalue weighted by atomic mass is 10.2. The van der Waals surface area contributed by atoms with E-state index in [1.807, 2.05) is 35.2 Å². The van der Waals surface area contributed by atoms with Gasteiger partial charge in [-0.2, -0.15) is 0 Å². The van der Waals surface area contributed by atoms with E-state index in [2.05, 4.69) is 20.3 Å². The van der Waals surface area contributed by atoms with Crippen LogP contribution in [0, 0.1) is 0 Å². The van der Waals surface area contributed by atoms with Gasteiger partial charge in [-0.05, 0) is 24.6 Å². The molecule has 1 aromatic carbocycles. The van der Waals surface area contributed by atoms with Gasteiger partial charge in [0.15, 0.2) is 10.8 Å². The van der Waals surface area contributed by atoms with E-state index in [1.54, 1.807) is 24.7 Å². The van der Waals surface area contributed by atoms with E-state index >= 15 is 0 Å². The summed E-state index contributed by atoms with van der Waals surface area (Å²) in [6.07, 6.45) is 5.90. The van der Waals surface area contributed by atoms with Crippen LogP contribution in [0.2, 0.25) is 0 Å². The third-order valence-corrected chi connectivity index (χ3v) is 5.07. The molecule has 0 spiro atoms. The molecule has 2 aromatic heterocycles. The van der Waals surface area contributed by atoms with E-state index in [0.717, 1.165) is 18.7 Å². The Labute approximate surface area is 149 Å². The summed E-state index contributed by atoms with van der Waals surface area (Å²) in [6.45, 7) is 1.45. The van der Waals surface area contributed by atoms with Crippen LogP contribution in [0.1, 0.15) is 16.1 Å². The minimum atomic E-state index is 0.0250. The number of likely N-dealkylation sites (tertiary alicyclic amines) is 1. The van der Waals surface area contributed by atoms with Crippen LogP contribution in [0.25, 0.3) is 10.8 Å². The zero-order chi connectivity index (χ0) is 17.1. The number of carbonyl (C=O) groups excluding carboxylic acids is 1. The Kier molecular flexibility index (Phi) is 4.39. The molecule has 3 aromatic rings. The summed E-state index contributed by atoms with van der Waals surface area (Å²) in [7, 11) is 0. The number of thiazole rings is 1. The van der Waals surface area contributed by atoms with Gasteiger partial charge in [0.05, 0.1) is 6.20 Å². The number of hydrogen-bond acceptors (Lipinski definition) is 6. The molecule has 1 unspecified atom stereocenters. The smallest absolute Gasteiger partial charge is 0.265 e. The van der Waals surface area contributed by atoms with E-state index in [-0.39, 0.29) is 11.9 Å². The normalized spacial score (nSPS) is 16.8. The lowest BCUT2D eigenvalue weighted by molar-refractivity contribution is 0.0796. The maximum atomic E-state index is 12.7. The molecule has 6 nitrogen and oxygen atoms in total. The highest BCUT2D eigenvalue weighted by Crippen LogP contribution is 2.24. The number of anilines is 1. The van der Waals surface area contributed by atoms with Crippen molar-refractivity contribution in [1.29, 1.82) is 0 Å². The summed E-state index contributed by atoms with van der Waals surface area (Å²) in [4.78, 5) is 27.9. The number of carbonyl (C=O) groups is 1. The van der Waals surface area contributed by atoms with E-state index in [4.69, 9.17) is 0 Å². The Morgan fingerprint density at radius 2 is 1.92 bits per heavy atom. The standard InChI is InChI=1S/C18H17N5OS/c24-18(15-11-21-17(25-15)16-19-8-4-9-20-16)23-10-7-14(12-23)22-13-5-2-1-3-6-13/h1-6,8-9,11,14,22H,7,10,12H2. The lowest BCUT2D eigenvalue weighted by Crippen LogP contribution is -2.31. The number of aromatic nitrogens is 3. The van der Waals surface area contributed by atoms with Crippen molar-refractivity contribution in [2.24, 2.45) is 0 Å². The number of nitrogens with one attached hydrogen (secondary N) is 1. The molecule has 3 heterocycles. The van der Waals surface area contributed by atoms with Crippen LogP contribution in [-0.2, 0) is 0 Å². The van der Waals surface area contributed by atoms with Gasteiger partial charge in [0.2, 0.25) is 0 Å². The molecule has 126 valence electrons. The monoisotopic (exact) mass is 351 g/mol. The molecule has 0 bridgehead atoms. The van der Waals surface area contributed by atoms with E-state index in [1.165, 1.54) is 11.3 Å². The number of nitrogens with zero attached hydrogens (tertiary/aromatic N) is 4. The lowest BCUT2D eigenvalue weighted by Gasteiger charge is -2.16. The molecular formula is C18H17N5OS. The quantitative estimate of drug-likeness (QED) is 0.782. The van der Waals surface area contributed by atoms with Gasteiger partial charge in [-0.15, -0.1) is 11.3 Å². The molecule has 0 saturated carbocycles. The minimum absolute atomic E-state index is 0.0250. The molecule has 1 fully saturated rings. The van der Waals surface area contributed by atoms with Crippen molar-refractivity contribution in [3.8, 4) is 10.8 Å². The van der Waals surface area contributed by atoms with Crippen molar-refractivity contribution in [3.63, 3.8) is 0 Å². The Morgan fingerprint density at radius 1 is 1.12 bits per heavy atom. The van der Waals surface area contributed by atoms with Gasteiger partial charge >= 0.3 is 0 Å². The Balaban J connectivity index is 1.41. The highest BCUT2D eigenvalue weighted by molar-refractivity contribution is 7.16. The van der Waals surface area contributed by atoms with Gasteiger partial charge < -0.3 is 10.2 Å². The molecule has 1 aliphatic rings. The molecule has 1 amide bonds. The minimum Gasteiger partial charge on any atom is -0.380 e. The average Bonchev–Trinajstić information content (AvgIpc) is 3.33. The van der Waals surface area contributed by atoms with Gasteiger partial charge in [-0.3, -0.25) is 4.79 Å². The fraction of sp³-hybridized carbons (Fsp3) is 0.222. The van der Waals surface area contributed by atoms with Crippen LogP contribution in [0.5, 0.6) is 0 Å². The molecule has 1 N–H and O–H groups in total. The highest BCUT2D eigenvalue weighted by atomic mass is 32.1. The number of para-hydroxylation sites is 1. The maximum absolute atomic E-state index is 12.7. The fourth-order valence-electron chi connectivity index (χ4n) is 2.87. The Bertz CT molecular complexity index is 852. The van der Waals surface area contributed by atoms with Gasteiger partial charge in [-0.25, -0.2) is 15.0 Å². The average molecular weight is 351 g/mol. The summed E-state index contributed by atoms with van der Waals surface area (Å²) in [6, 6.07) is 12.1. The first-order chi connectivity index (χ1) is 12.3. The van der Waals surface area contributed by atoms with Gasteiger partial charge in [-0.1, -0.05) is 18.2 Å². The Hall–Kier alpha value is -2.80. The number of benzene rings is 1. The number of rotatable bonds is 4. The van der Waals surface area contributed by atoms with Crippen molar-refractivity contribution in [1.82, 2.24) is 19.9 Å². The molecule has 0 radical (unpaired) electrons. The molecular weight excluding hydrogens is 334 g/mol. The van der Waals surface area contributed by atoms with E-state index < -0.39 is 0 Å². The summed E-state index contributed by atoms with van der Waals surface area (Å²) in [5.41, 5.74) is 1.09. The fourth-order valence-corrected chi connectivity index (χ4v) is 3.71. The predicted octanol–water partition coefficient (Wildman–Crippen LogP) is 2.93. The second-order valence-electron chi connectivity index (χ2n) is 5.85. The van der Waals surface area contributed by atoms with Gasteiger partial charge in [0, 0.05) is 37.2 Å². The van der Waals surface area contributed by atoms with Crippen LogP contribution in [0.15, 0.2) is 55.0 Å². The second kappa shape index (κ2) is 6.98. The molecule has 1 aliphatic heterocycles. The Morgan fingerprint density at radius 3 is 2.72 bits per heavy atom. The molecule has 4 rings (SSSR count). The molecule has 7 heteroatoms. The van der Waals surface area contributed by atoms with Crippen molar-refractivity contribution in [2.45, 2.75) is 12.5 Å². The van der Waals surface area contributed by atoms with Crippen molar-refractivity contribution < 1.29 is 4.79 Å². The third kappa shape index (κ3) is 3.51. The summed E-state index contributed by atoms with van der Waals surface area (Å²) in [5.74, 6) is 0.577. The topological polar surface area (TPSA) is 71.0 Å². The highest BCUT2D eigenvalue weighted by Gasteiger charge is 2.28. The first kappa shape index (κ1) is 15.7. The van der Waals surface area contributed by atoms with Crippen LogP contribution in [0.3, 0.4) is 0 Å². The molecule has 0 aliphatic carbocycles. The van der Waals surface area contributed by atoms with E-state index in [0.29, 0.717) is 22.3 Å². The van der Waals surface area contributed by atoms with Crippen molar-refractivity contribution >= 4 is 22.9 Å². The third-order valence-electron chi connectivity index (χ3n) is 4.09. The number of amides is 1. The maximum Gasteiger partial charge on any atom is 0.265 e. The first-order valence-corrected chi connectivity index (χ1v) is 8.95. The summed E-state index contributed by atoms with van der Waals surface area (Å²) < 4.78 is 0. The predicted molar refractivity (Wildman–Crippen MR) is 97.5 cm³/mol. The molecule has 1 saturated heterocycles. The van der Waals surface area contributed by atoms with Crippen molar-refractivity contribution in [3.05, 3.63) is 59.9 Å². The zero-order valence-electron chi connectivity index (χ0n) is 13.5. The first-order valence-electron chi connectivity index (χ1n) is 8.14. The zero-order valence-corrected chi connectivity index (χ0v) is 14.3. The largest absolute Gasteiger partial charge is 0.380 e. The summed E-state index contributed by atoms with van der Waals surface area (Å²) in [5, 5.41) is 4.15. The van der Waals surface area contributed by atoms with Crippen LogP contribution in [0.4, 0.5) is 5.69 Å². The second-order valence-corrected chi connectivity index (χ2v) is 6.88. The van der Waals surface area contributed by atoms with Gasteiger partial charge in [0.25, 0.3) is 5.91 Å². The van der Waals surface area contributed by atoms with Crippen LogP contribution < -0.4 is 5.32 Å². The molecule has 25 heavy (non-hydrogen) atoms. The SMILES string of the molecule is O=C(c1cnc(-c2ncccn2)s1)N1CCC(Nc2ccccc2)C1. The molecule has 1 atom stereocenters. The van der Waals surface area contributed by atoms with Crippen LogP contribution >= 0.6 is 11.3 Å².